The molecular weight excluding hydrogens is 206 g/mol. The fraction of sp³-hybridized carbons (Fsp3) is 0.417. The average molecular weight is 223 g/mol. The van der Waals surface area contributed by atoms with E-state index in [1.54, 1.807) is 11.9 Å². The van der Waals surface area contributed by atoms with Crippen LogP contribution < -0.4 is 0 Å². The predicted octanol–water partition coefficient (Wildman–Crippen LogP) is 3.29. The molecule has 0 saturated carbocycles. The van der Waals surface area contributed by atoms with Crippen LogP contribution >= 0.6 is 12.6 Å². The van der Waals surface area contributed by atoms with Crippen LogP contribution in [0.1, 0.15) is 30.9 Å². The van der Waals surface area contributed by atoms with Crippen molar-refractivity contribution in [3.05, 3.63) is 35.4 Å². The van der Waals surface area contributed by atoms with E-state index in [0.717, 1.165) is 5.56 Å². The van der Waals surface area contributed by atoms with Crippen molar-refractivity contribution in [2.75, 3.05) is 7.05 Å². The van der Waals surface area contributed by atoms with Gasteiger partial charge in [-0.05, 0) is 17.0 Å². The van der Waals surface area contributed by atoms with Crippen LogP contribution in [-0.2, 0) is 6.54 Å². The highest BCUT2D eigenvalue weighted by atomic mass is 32.1. The number of hydrogen-bond acceptors (Lipinski definition) is 1. The first kappa shape index (κ1) is 12.1. The molecular formula is C12H17NOS. The Labute approximate surface area is 96.7 Å². The molecule has 0 aromatic heterocycles. The summed E-state index contributed by atoms with van der Waals surface area (Å²) in [7, 11) is 1.74. The highest BCUT2D eigenvalue weighted by molar-refractivity contribution is 7.96. The van der Waals surface area contributed by atoms with Crippen molar-refractivity contribution in [3.63, 3.8) is 0 Å². The monoisotopic (exact) mass is 223 g/mol. The maximum absolute atomic E-state index is 10.9. The van der Waals surface area contributed by atoms with Crippen molar-refractivity contribution in [1.29, 1.82) is 0 Å². The molecule has 0 bridgehead atoms. The third-order valence-corrected chi connectivity index (χ3v) is 2.73. The second kappa shape index (κ2) is 5.21. The third-order valence-electron chi connectivity index (χ3n) is 2.39. The number of carbonyl (C=O) groups excluding carboxylic acids is 1. The Morgan fingerprint density at radius 2 is 1.87 bits per heavy atom. The van der Waals surface area contributed by atoms with Crippen molar-refractivity contribution in [2.24, 2.45) is 0 Å². The highest BCUT2D eigenvalue weighted by Crippen LogP contribution is 2.15. The van der Waals surface area contributed by atoms with E-state index in [-0.39, 0.29) is 5.24 Å². The lowest BCUT2D eigenvalue weighted by molar-refractivity contribution is 0.232. The molecule has 0 fully saturated rings. The molecule has 0 heterocycles. The minimum Gasteiger partial charge on any atom is -0.333 e. The SMILES string of the molecule is CC(C)c1ccc(CN(C)C(=O)S)cc1. The fourth-order valence-electron chi connectivity index (χ4n) is 1.35. The molecule has 0 unspecified atom stereocenters. The summed E-state index contributed by atoms with van der Waals surface area (Å²) in [6.45, 7) is 4.94. The lowest BCUT2D eigenvalue weighted by Crippen LogP contribution is -2.20. The van der Waals surface area contributed by atoms with Gasteiger partial charge in [-0.15, -0.1) is 0 Å². The normalized spacial score (nSPS) is 10.5. The van der Waals surface area contributed by atoms with Crippen molar-refractivity contribution in [1.82, 2.24) is 4.90 Å². The molecule has 1 aromatic rings. The molecule has 1 aromatic carbocycles. The minimum absolute atomic E-state index is 0.206. The van der Waals surface area contributed by atoms with Gasteiger partial charge >= 0.3 is 0 Å². The zero-order valence-corrected chi connectivity index (χ0v) is 10.3. The van der Waals surface area contributed by atoms with Gasteiger partial charge in [-0.25, -0.2) is 0 Å². The summed E-state index contributed by atoms with van der Waals surface area (Å²) in [6, 6.07) is 8.33. The Balaban J connectivity index is 2.68. The Morgan fingerprint density at radius 1 is 1.33 bits per heavy atom. The average Bonchev–Trinajstić information content (AvgIpc) is 2.18. The maximum Gasteiger partial charge on any atom is 0.278 e. The van der Waals surface area contributed by atoms with Crippen LogP contribution in [0.4, 0.5) is 4.79 Å². The Morgan fingerprint density at radius 3 is 2.27 bits per heavy atom. The quantitative estimate of drug-likeness (QED) is 0.780. The molecule has 0 spiro atoms. The van der Waals surface area contributed by atoms with Gasteiger partial charge in [-0.1, -0.05) is 50.7 Å². The highest BCUT2D eigenvalue weighted by Gasteiger charge is 2.04. The van der Waals surface area contributed by atoms with E-state index in [2.05, 4.69) is 50.7 Å². The molecule has 82 valence electrons. The van der Waals surface area contributed by atoms with Crippen LogP contribution in [0.5, 0.6) is 0 Å². The van der Waals surface area contributed by atoms with E-state index in [4.69, 9.17) is 0 Å². The summed E-state index contributed by atoms with van der Waals surface area (Å²) in [5.41, 5.74) is 2.45. The van der Waals surface area contributed by atoms with E-state index in [9.17, 15) is 4.79 Å². The van der Waals surface area contributed by atoms with Crippen LogP contribution in [0, 0.1) is 0 Å². The number of hydrogen-bond donors (Lipinski definition) is 1. The minimum atomic E-state index is -0.206. The smallest absolute Gasteiger partial charge is 0.278 e. The summed E-state index contributed by atoms with van der Waals surface area (Å²) in [5.74, 6) is 0.545. The first-order valence-corrected chi connectivity index (χ1v) is 5.48. The number of thiol groups is 1. The summed E-state index contributed by atoms with van der Waals surface area (Å²) in [6.07, 6.45) is 0. The number of nitrogens with zero attached hydrogens (tertiary/aromatic N) is 1. The largest absolute Gasteiger partial charge is 0.333 e. The van der Waals surface area contributed by atoms with Gasteiger partial charge in [0.25, 0.3) is 5.24 Å². The van der Waals surface area contributed by atoms with Crippen LogP contribution in [0.2, 0.25) is 0 Å². The van der Waals surface area contributed by atoms with E-state index < -0.39 is 0 Å². The third kappa shape index (κ3) is 3.59. The number of benzene rings is 1. The number of rotatable bonds is 3. The molecule has 0 aliphatic carbocycles. The molecule has 0 atom stereocenters. The predicted molar refractivity (Wildman–Crippen MR) is 66.4 cm³/mol. The fourth-order valence-corrected chi connectivity index (χ4v) is 1.42. The van der Waals surface area contributed by atoms with Gasteiger partial charge in [-0.3, -0.25) is 4.79 Å². The van der Waals surface area contributed by atoms with Crippen molar-refractivity contribution < 1.29 is 4.79 Å². The summed E-state index contributed by atoms with van der Waals surface area (Å²) in [5, 5.41) is -0.206. The van der Waals surface area contributed by atoms with Crippen LogP contribution in [0.15, 0.2) is 24.3 Å². The lowest BCUT2D eigenvalue weighted by atomic mass is 10.0. The summed E-state index contributed by atoms with van der Waals surface area (Å²) < 4.78 is 0. The van der Waals surface area contributed by atoms with E-state index in [1.165, 1.54) is 5.56 Å². The van der Waals surface area contributed by atoms with Crippen molar-refractivity contribution in [2.45, 2.75) is 26.3 Å². The van der Waals surface area contributed by atoms with Gasteiger partial charge in [0.1, 0.15) is 0 Å². The second-order valence-electron chi connectivity index (χ2n) is 4.03. The van der Waals surface area contributed by atoms with Gasteiger partial charge in [0, 0.05) is 13.6 Å². The van der Waals surface area contributed by atoms with E-state index >= 15 is 0 Å². The van der Waals surface area contributed by atoms with Gasteiger partial charge in [0.15, 0.2) is 0 Å². The van der Waals surface area contributed by atoms with E-state index in [1.807, 2.05) is 0 Å². The molecule has 1 amide bonds. The molecule has 15 heavy (non-hydrogen) atoms. The van der Waals surface area contributed by atoms with Crippen LogP contribution in [-0.4, -0.2) is 17.2 Å². The number of carbonyl (C=O) groups is 1. The summed E-state index contributed by atoms with van der Waals surface area (Å²) in [4.78, 5) is 12.5. The lowest BCUT2D eigenvalue weighted by Gasteiger charge is -2.14. The van der Waals surface area contributed by atoms with Gasteiger partial charge in [0.05, 0.1) is 0 Å². The topological polar surface area (TPSA) is 20.3 Å². The molecule has 2 nitrogen and oxygen atoms in total. The van der Waals surface area contributed by atoms with Gasteiger partial charge in [-0.2, -0.15) is 0 Å². The second-order valence-corrected chi connectivity index (χ2v) is 4.42. The standard InChI is InChI=1S/C12H17NOS/c1-9(2)11-6-4-10(5-7-11)8-13(3)12(14)15/h4-7,9H,8H2,1-3H3,(H,14,15). The molecule has 0 aliphatic heterocycles. The molecule has 0 radical (unpaired) electrons. The molecule has 0 N–H and O–H groups in total. The zero-order valence-electron chi connectivity index (χ0n) is 9.40. The Bertz CT molecular complexity index is 332. The Hall–Kier alpha value is -0.960. The molecule has 3 heteroatoms. The van der Waals surface area contributed by atoms with Crippen molar-refractivity contribution in [3.8, 4) is 0 Å². The first-order valence-electron chi connectivity index (χ1n) is 5.03. The van der Waals surface area contributed by atoms with Gasteiger partial charge < -0.3 is 4.90 Å². The van der Waals surface area contributed by atoms with Crippen LogP contribution in [0.25, 0.3) is 0 Å². The first-order chi connectivity index (χ1) is 7.00. The Kier molecular flexibility index (Phi) is 4.21. The molecule has 1 rings (SSSR count). The maximum atomic E-state index is 10.9. The molecule has 0 saturated heterocycles. The summed E-state index contributed by atoms with van der Waals surface area (Å²) >= 11 is 3.76. The van der Waals surface area contributed by atoms with E-state index in [0.29, 0.717) is 12.5 Å². The molecule has 0 aliphatic rings. The van der Waals surface area contributed by atoms with Crippen LogP contribution in [0.3, 0.4) is 0 Å². The van der Waals surface area contributed by atoms with Crippen molar-refractivity contribution >= 4 is 17.9 Å². The number of amides is 1. The van der Waals surface area contributed by atoms with Gasteiger partial charge in [0.2, 0.25) is 0 Å². The zero-order chi connectivity index (χ0) is 11.4.